The predicted molar refractivity (Wildman–Crippen MR) is 64.1 cm³/mol. The SMILES string of the molecule is CN1CCN(C)CC[N]([Ti+3])C(F)CN(C)CC1.[Cl-].[Cl-].[Cl-]. The maximum absolute atomic E-state index is 13.9. The average Bonchev–Trinajstić information content (AvgIpc) is 2.29. The van der Waals surface area contributed by atoms with Crippen LogP contribution in [-0.4, -0.2) is 91.3 Å². The molecular weight excluding hydrogens is 361 g/mol. The molecule has 1 fully saturated rings. The molecule has 120 valence electrons. The monoisotopic (exact) mass is 384 g/mol. The van der Waals surface area contributed by atoms with Crippen molar-refractivity contribution in [1.29, 1.82) is 0 Å². The summed E-state index contributed by atoms with van der Waals surface area (Å²) in [5, 5.41) is 0. The van der Waals surface area contributed by atoms with Crippen molar-refractivity contribution in [1.82, 2.24) is 18.1 Å². The average molecular weight is 386 g/mol. The van der Waals surface area contributed by atoms with Crippen LogP contribution in [0.25, 0.3) is 0 Å². The van der Waals surface area contributed by atoms with Gasteiger partial charge in [0.2, 0.25) is 0 Å². The van der Waals surface area contributed by atoms with Gasteiger partial charge in [-0.2, -0.15) is 0 Å². The Morgan fingerprint density at radius 2 is 1.10 bits per heavy atom. The van der Waals surface area contributed by atoms with Crippen LogP contribution in [-0.2, 0) is 20.7 Å². The van der Waals surface area contributed by atoms with Gasteiger partial charge in [-0.25, -0.2) is 0 Å². The minimum absolute atomic E-state index is 0. The molecule has 1 unspecified atom stereocenters. The van der Waals surface area contributed by atoms with Gasteiger partial charge in [0.25, 0.3) is 0 Å². The zero-order valence-electron chi connectivity index (χ0n) is 12.3. The molecule has 1 atom stereocenters. The van der Waals surface area contributed by atoms with Crippen molar-refractivity contribution in [2.24, 2.45) is 0 Å². The Bertz CT molecular complexity index is 232. The van der Waals surface area contributed by atoms with E-state index in [-0.39, 0.29) is 37.2 Å². The Balaban J connectivity index is -0.000000963. The maximum Gasteiger partial charge on any atom is -1.00 e. The minimum Gasteiger partial charge on any atom is -1.00 e. The van der Waals surface area contributed by atoms with Crippen molar-refractivity contribution in [3.8, 4) is 0 Å². The number of likely N-dealkylation sites (N-methyl/N-ethyl adjacent to an activating group) is 3. The largest absolute Gasteiger partial charge is 1.00 e. The molecule has 0 spiro atoms. The molecule has 0 bridgehead atoms. The first-order valence-corrected chi connectivity index (χ1v) is 6.86. The third kappa shape index (κ3) is 11.0. The summed E-state index contributed by atoms with van der Waals surface area (Å²) in [6.45, 7) is 6.26. The molecule has 0 aromatic heterocycles. The van der Waals surface area contributed by atoms with E-state index in [2.05, 4.69) is 28.8 Å². The van der Waals surface area contributed by atoms with Gasteiger partial charge in [-0.3, -0.25) is 0 Å². The number of hydrogen-bond acceptors (Lipinski definition) is 4. The van der Waals surface area contributed by atoms with Crippen molar-refractivity contribution in [2.45, 2.75) is 6.30 Å². The van der Waals surface area contributed by atoms with Gasteiger partial charge in [0.15, 0.2) is 0 Å². The van der Waals surface area contributed by atoms with E-state index >= 15 is 0 Å². The van der Waals surface area contributed by atoms with Gasteiger partial charge in [-0.15, -0.1) is 0 Å². The first-order valence-electron chi connectivity index (χ1n) is 6.16. The molecule has 0 N–H and O–H groups in total. The fourth-order valence-electron chi connectivity index (χ4n) is 1.77. The Kier molecular flexibility index (Phi) is 18.4. The normalized spacial score (nSPS) is 25.4. The van der Waals surface area contributed by atoms with Gasteiger partial charge in [0.05, 0.1) is 0 Å². The van der Waals surface area contributed by atoms with Crippen LogP contribution < -0.4 is 37.2 Å². The number of hydrogen-bond donors (Lipinski definition) is 0. The van der Waals surface area contributed by atoms with E-state index in [1.54, 1.807) is 3.38 Å². The Morgan fingerprint density at radius 1 is 0.750 bits per heavy atom. The standard InChI is InChI=1S/C11H24FN4.3ClH.Ti/c1-14-5-4-13-11(12)10-16(3)9-8-15(2)7-6-14;;;;/h11H,4-10H2,1-3H3;3*1H;/q-1;;;;+4/p-3. The van der Waals surface area contributed by atoms with Crippen molar-refractivity contribution >= 4 is 0 Å². The molecule has 1 rings (SSSR count). The summed E-state index contributed by atoms with van der Waals surface area (Å²) in [5.41, 5.74) is 0. The van der Waals surface area contributed by atoms with Crippen LogP contribution in [0.4, 0.5) is 4.39 Å². The first-order chi connectivity index (χ1) is 7.99. The van der Waals surface area contributed by atoms with E-state index in [1.165, 1.54) is 0 Å². The molecule has 20 heavy (non-hydrogen) atoms. The van der Waals surface area contributed by atoms with E-state index in [9.17, 15) is 4.39 Å². The van der Waals surface area contributed by atoms with Crippen molar-refractivity contribution in [3.05, 3.63) is 0 Å². The number of rotatable bonds is 0. The Morgan fingerprint density at radius 3 is 1.55 bits per heavy atom. The summed E-state index contributed by atoms with van der Waals surface area (Å²) in [5.74, 6) is 0. The fourth-order valence-corrected chi connectivity index (χ4v) is 2.06. The van der Waals surface area contributed by atoms with Crippen LogP contribution in [0.15, 0.2) is 0 Å². The van der Waals surface area contributed by atoms with E-state index < -0.39 is 6.30 Å². The van der Waals surface area contributed by atoms with E-state index in [0.29, 0.717) is 6.54 Å². The summed E-state index contributed by atoms with van der Waals surface area (Å²) >= 11 is 1.87. The molecule has 1 aliphatic heterocycles. The second kappa shape index (κ2) is 14.0. The van der Waals surface area contributed by atoms with Gasteiger partial charge in [0, 0.05) is 0 Å². The first kappa shape index (κ1) is 26.3. The van der Waals surface area contributed by atoms with Crippen LogP contribution >= 0.6 is 0 Å². The topological polar surface area (TPSA) is 13.0 Å². The molecule has 0 radical (unpaired) electrons. The summed E-state index contributed by atoms with van der Waals surface area (Å²) < 4.78 is 15.7. The van der Waals surface area contributed by atoms with Crippen LogP contribution in [0.3, 0.4) is 0 Å². The van der Waals surface area contributed by atoms with Crippen molar-refractivity contribution < 1.29 is 62.3 Å². The maximum atomic E-state index is 13.9. The number of halogens is 4. The van der Waals surface area contributed by atoms with Crippen molar-refractivity contribution in [2.75, 3.05) is 67.0 Å². The summed E-state index contributed by atoms with van der Waals surface area (Å²) in [4.78, 5) is 6.65. The van der Waals surface area contributed by atoms with Crippen molar-refractivity contribution in [3.63, 3.8) is 0 Å². The summed E-state index contributed by atoms with van der Waals surface area (Å²) in [7, 11) is 6.23. The molecule has 0 saturated carbocycles. The van der Waals surface area contributed by atoms with E-state index in [0.717, 1.165) is 39.3 Å². The summed E-state index contributed by atoms with van der Waals surface area (Å²) in [6.07, 6.45) is -0.863. The summed E-state index contributed by atoms with van der Waals surface area (Å²) in [6, 6.07) is 0. The van der Waals surface area contributed by atoms with Crippen LogP contribution in [0.2, 0.25) is 0 Å². The quantitative estimate of drug-likeness (QED) is 0.303. The van der Waals surface area contributed by atoms with Gasteiger partial charge < -0.3 is 37.2 Å². The number of alkyl halides is 1. The van der Waals surface area contributed by atoms with E-state index in [1.807, 2.05) is 27.7 Å². The molecule has 4 nitrogen and oxygen atoms in total. The molecule has 1 saturated heterocycles. The zero-order chi connectivity index (χ0) is 12.8. The fraction of sp³-hybridized carbons (Fsp3) is 1.00. The molecule has 9 heteroatoms. The molecule has 0 amide bonds. The third-order valence-electron chi connectivity index (χ3n) is 3.25. The van der Waals surface area contributed by atoms with Crippen LogP contribution in [0.5, 0.6) is 0 Å². The minimum atomic E-state index is -0.863. The van der Waals surface area contributed by atoms with Gasteiger partial charge in [0.1, 0.15) is 0 Å². The second-order valence-corrected chi connectivity index (χ2v) is 5.89. The molecule has 0 aliphatic carbocycles. The smallest absolute Gasteiger partial charge is 1.00 e. The molecule has 1 aliphatic rings. The van der Waals surface area contributed by atoms with Crippen LogP contribution in [0.1, 0.15) is 0 Å². The predicted octanol–water partition coefficient (Wildman–Crippen LogP) is -9.13. The van der Waals surface area contributed by atoms with Crippen LogP contribution in [0, 0.1) is 0 Å². The Hall–Kier alpha value is 1.35. The number of nitrogens with zero attached hydrogens (tertiary/aromatic N) is 4. The third-order valence-corrected chi connectivity index (χ3v) is 4.04. The van der Waals surface area contributed by atoms with Gasteiger partial charge in [-0.05, 0) is 0 Å². The molecular formula is C11H24Cl3FN4Ti. The molecule has 0 aromatic rings. The van der Waals surface area contributed by atoms with Gasteiger partial charge >= 0.3 is 116 Å². The molecule has 1 heterocycles. The molecule has 0 aromatic carbocycles. The van der Waals surface area contributed by atoms with E-state index in [4.69, 9.17) is 0 Å². The van der Waals surface area contributed by atoms with Gasteiger partial charge in [-0.1, -0.05) is 0 Å². The second-order valence-electron chi connectivity index (χ2n) is 5.00. The Labute approximate surface area is 153 Å². The zero-order valence-corrected chi connectivity index (χ0v) is 16.2.